The van der Waals surface area contributed by atoms with Crippen LogP contribution in [0.2, 0.25) is 25.7 Å². The summed E-state index contributed by atoms with van der Waals surface area (Å²) >= 11 is 1.66. The van der Waals surface area contributed by atoms with Gasteiger partial charge >= 0.3 is 0 Å². The molecule has 10 heteroatoms. The van der Waals surface area contributed by atoms with Gasteiger partial charge in [-0.05, 0) is 49.2 Å². The van der Waals surface area contributed by atoms with Crippen LogP contribution in [-0.4, -0.2) is 48.7 Å². The fourth-order valence-electron chi connectivity index (χ4n) is 4.54. The van der Waals surface area contributed by atoms with Crippen molar-refractivity contribution in [2.45, 2.75) is 57.3 Å². The first kappa shape index (κ1) is 26.5. The van der Waals surface area contributed by atoms with Gasteiger partial charge in [0, 0.05) is 20.6 Å². The molecule has 200 valence electrons. The summed E-state index contributed by atoms with van der Waals surface area (Å²) in [5.74, 6) is 2.06. The maximum Gasteiger partial charge on any atom is 0.215 e. The highest BCUT2D eigenvalue weighted by atomic mass is 32.1. The van der Waals surface area contributed by atoms with E-state index in [-0.39, 0.29) is 0 Å². The maximum absolute atomic E-state index is 6.17. The molecule has 0 spiro atoms. The lowest BCUT2D eigenvalue weighted by Gasteiger charge is -2.22. The third-order valence-corrected chi connectivity index (χ3v) is 9.58. The van der Waals surface area contributed by atoms with E-state index in [1.807, 2.05) is 53.6 Å². The first-order chi connectivity index (χ1) is 18.4. The molecule has 3 aromatic heterocycles. The van der Waals surface area contributed by atoms with Gasteiger partial charge in [0.15, 0.2) is 0 Å². The second-order valence-electron chi connectivity index (χ2n) is 10.9. The summed E-state index contributed by atoms with van der Waals surface area (Å²) in [5.41, 5.74) is 3.32. The molecule has 1 aliphatic rings. The Morgan fingerprint density at radius 2 is 1.87 bits per heavy atom. The molecule has 0 radical (unpaired) electrons. The molecule has 8 nitrogen and oxygen atoms in total. The minimum atomic E-state index is -1.19. The van der Waals surface area contributed by atoms with Crippen LogP contribution < -0.4 is 15.0 Å². The summed E-state index contributed by atoms with van der Waals surface area (Å²) < 4.78 is 11.7. The van der Waals surface area contributed by atoms with Crippen molar-refractivity contribution in [3.05, 3.63) is 53.7 Å². The van der Waals surface area contributed by atoms with Crippen molar-refractivity contribution in [1.82, 2.24) is 20.2 Å². The molecule has 38 heavy (non-hydrogen) atoms. The minimum absolute atomic E-state index is 0.384. The van der Waals surface area contributed by atoms with Crippen molar-refractivity contribution >= 4 is 52.8 Å². The van der Waals surface area contributed by atoms with Crippen LogP contribution >= 0.6 is 11.3 Å². The zero-order valence-corrected chi connectivity index (χ0v) is 24.4. The molecule has 4 aromatic rings. The molecule has 0 bridgehead atoms. The highest BCUT2D eigenvalue weighted by molar-refractivity contribution is 7.15. The number of nitrogens with zero attached hydrogens (tertiary/aromatic N) is 5. The van der Waals surface area contributed by atoms with Crippen molar-refractivity contribution in [1.29, 1.82) is 0 Å². The average Bonchev–Trinajstić information content (AvgIpc) is 3.61. The fourth-order valence-corrected chi connectivity index (χ4v) is 6.31. The van der Waals surface area contributed by atoms with E-state index in [0.717, 1.165) is 56.8 Å². The van der Waals surface area contributed by atoms with Gasteiger partial charge in [0.1, 0.15) is 23.3 Å². The number of nitrogens with one attached hydrogen (secondary N) is 1. The lowest BCUT2D eigenvalue weighted by Crippen LogP contribution is -2.26. The zero-order chi connectivity index (χ0) is 26.5. The van der Waals surface area contributed by atoms with Crippen molar-refractivity contribution < 1.29 is 9.47 Å². The van der Waals surface area contributed by atoms with Crippen LogP contribution in [0.25, 0.3) is 11.0 Å². The highest BCUT2D eigenvalue weighted by Crippen LogP contribution is 2.38. The fraction of sp³-hybridized carbons (Fsp3) is 0.429. The van der Waals surface area contributed by atoms with E-state index in [0.29, 0.717) is 12.6 Å². The normalized spacial score (nSPS) is 14.2. The average molecular weight is 549 g/mol. The van der Waals surface area contributed by atoms with Crippen molar-refractivity contribution in [3.63, 3.8) is 0 Å². The monoisotopic (exact) mass is 548 g/mol. The Hall–Kier alpha value is -3.08. The van der Waals surface area contributed by atoms with E-state index in [2.05, 4.69) is 40.1 Å². The van der Waals surface area contributed by atoms with E-state index in [1.54, 1.807) is 18.4 Å². The number of hydrogen-bond acceptors (Lipinski definition) is 9. The summed E-state index contributed by atoms with van der Waals surface area (Å²) in [6, 6.07) is 14.9. The standard InChI is InChI=1S/C28H36N6O2SSi/c1-35-25-12-8-7-11-23(25)30-21-17-24-22(29-18-21)13-14-26(31-24)34(19-36-15-16-38(2,3)4)28-33-32-27(37-28)20-9-5-6-10-20/h7-8,11-14,17-18,20,30H,5-6,9-10,15-16,19H2,1-4H3. The van der Waals surface area contributed by atoms with Gasteiger partial charge in [-0.2, -0.15) is 0 Å². The SMILES string of the molecule is COc1ccccc1Nc1cnc2ccc(N(COCC[Si](C)(C)C)c3nnc(C4CCCC4)s3)nc2c1. The van der Waals surface area contributed by atoms with Crippen molar-refractivity contribution in [2.24, 2.45) is 0 Å². The summed E-state index contributed by atoms with van der Waals surface area (Å²) in [6.45, 7) is 8.20. The molecule has 1 aromatic carbocycles. The van der Waals surface area contributed by atoms with E-state index in [4.69, 9.17) is 14.5 Å². The highest BCUT2D eigenvalue weighted by Gasteiger charge is 2.24. The number of rotatable bonds is 11. The van der Waals surface area contributed by atoms with E-state index in [1.165, 1.54) is 25.7 Å². The van der Waals surface area contributed by atoms with Crippen molar-refractivity contribution in [3.8, 4) is 5.75 Å². The number of pyridine rings is 2. The van der Waals surface area contributed by atoms with Gasteiger partial charge in [-0.25, -0.2) is 4.98 Å². The third-order valence-electron chi connectivity index (χ3n) is 6.77. The summed E-state index contributed by atoms with van der Waals surface area (Å²) in [7, 11) is 0.474. The van der Waals surface area contributed by atoms with E-state index < -0.39 is 8.07 Å². The Balaban J connectivity index is 1.42. The van der Waals surface area contributed by atoms with Gasteiger partial charge in [0.25, 0.3) is 0 Å². The minimum Gasteiger partial charge on any atom is -0.495 e. The smallest absolute Gasteiger partial charge is 0.215 e. The summed E-state index contributed by atoms with van der Waals surface area (Å²) in [5, 5.41) is 14.5. The Labute approximate surface area is 229 Å². The summed E-state index contributed by atoms with van der Waals surface area (Å²) in [4.78, 5) is 11.7. The van der Waals surface area contributed by atoms with Crippen LogP contribution in [0.3, 0.4) is 0 Å². The largest absolute Gasteiger partial charge is 0.495 e. The van der Waals surface area contributed by atoms with Crippen molar-refractivity contribution in [2.75, 3.05) is 30.7 Å². The molecule has 3 heterocycles. The molecule has 1 N–H and O–H groups in total. The molecule has 0 unspecified atom stereocenters. The molecule has 0 amide bonds. The number of hydrogen-bond donors (Lipinski definition) is 1. The zero-order valence-electron chi connectivity index (χ0n) is 22.6. The number of ether oxygens (including phenoxy) is 2. The predicted molar refractivity (Wildman–Crippen MR) is 158 cm³/mol. The molecule has 1 fully saturated rings. The molecule has 1 saturated carbocycles. The summed E-state index contributed by atoms with van der Waals surface area (Å²) in [6.07, 6.45) is 6.75. The number of para-hydroxylation sites is 2. The number of fused-ring (bicyclic) bond motifs is 1. The molecule has 1 aliphatic carbocycles. The number of anilines is 4. The molecular formula is C28H36N6O2SSi. The molecule has 0 saturated heterocycles. The van der Waals surface area contributed by atoms with Gasteiger partial charge in [-0.3, -0.25) is 9.88 Å². The molecule has 5 rings (SSSR count). The van der Waals surface area contributed by atoms with E-state index >= 15 is 0 Å². The van der Waals surface area contributed by atoms with Crippen LogP contribution in [0.1, 0.15) is 36.6 Å². The lowest BCUT2D eigenvalue weighted by molar-refractivity contribution is 0.153. The second-order valence-corrected chi connectivity index (χ2v) is 17.5. The topological polar surface area (TPSA) is 85.3 Å². The first-order valence-corrected chi connectivity index (χ1v) is 17.8. The van der Waals surface area contributed by atoms with Gasteiger partial charge in [-0.1, -0.05) is 56.0 Å². The van der Waals surface area contributed by atoms with Gasteiger partial charge < -0.3 is 14.8 Å². The maximum atomic E-state index is 6.17. The van der Waals surface area contributed by atoms with Gasteiger partial charge in [0.05, 0.1) is 35.7 Å². The van der Waals surface area contributed by atoms with Crippen LogP contribution in [0.5, 0.6) is 5.75 Å². The molecular weight excluding hydrogens is 513 g/mol. The van der Waals surface area contributed by atoms with Crippen LogP contribution in [0.15, 0.2) is 48.7 Å². The van der Waals surface area contributed by atoms with Crippen LogP contribution in [0, 0.1) is 0 Å². The van der Waals surface area contributed by atoms with E-state index in [9.17, 15) is 0 Å². The first-order valence-electron chi connectivity index (χ1n) is 13.3. The Bertz CT molecular complexity index is 1370. The Morgan fingerprint density at radius 1 is 1.05 bits per heavy atom. The predicted octanol–water partition coefficient (Wildman–Crippen LogP) is 7.34. The number of methoxy groups -OCH3 is 1. The quantitative estimate of drug-likeness (QED) is 0.118. The van der Waals surface area contributed by atoms with Crippen LogP contribution in [-0.2, 0) is 4.74 Å². The number of benzene rings is 1. The lowest BCUT2D eigenvalue weighted by atomic mass is 10.1. The molecule has 0 atom stereocenters. The Morgan fingerprint density at radius 3 is 2.66 bits per heavy atom. The van der Waals surface area contributed by atoms with Gasteiger partial charge in [0.2, 0.25) is 5.13 Å². The Kier molecular flexibility index (Phi) is 8.20. The number of aromatic nitrogens is 4. The van der Waals surface area contributed by atoms with Gasteiger partial charge in [-0.15, -0.1) is 10.2 Å². The van der Waals surface area contributed by atoms with Crippen LogP contribution in [0.4, 0.5) is 22.3 Å². The second kappa shape index (κ2) is 11.8. The molecule has 0 aliphatic heterocycles. The third kappa shape index (κ3) is 6.48.